The van der Waals surface area contributed by atoms with E-state index >= 15 is 0 Å². The Hall–Kier alpha value is -1.79. The van der Waals surface area contributed by atoms with Gasteiger partial charge < -0.3 is 9.63 Å². The third kappa shape index (κ3) is 3.90. The Morgan fingerprint density at radius 2 is 2.00 bits per heavy atom. The summed E-state index contributed by atoms with van der Waals surface area (Å²) in [5.41, 5.74) is 0.745. The summed E-state index contributed by atoms with van der Waals surface area (Å²) >= 11 is 0. The monoisotopic (exact) mass is 305 g/mol. The second-order valence-electron chi connectivity index (χ2n) is 5.65. The van der Waals surface area contributed by atoms with E-state index in [1.54, 1.807) is 12.1 Å². The van der Waals surface area contributed by atoms with Crippen LogP contribution in [0.1, 0.15) is 31.6 Å². The molecule has 2 aromatic rings. The van der Waals surface area contributed by atoms with E-state index in [9.17, 15) is 4.39 Å². The zero-order valence-corrected chi connectivity index (χ0v) is 12.4. The quantitative estimate of drug-likeness (QED) is 0.760. The normalized spacial score (nSPS) is 14.7. The van der Waals surface area contributed by atoms with Crippen molar-refractivity contribution in [2.75, 3.05) is 13.2 Å². The lowest BCUT2D eigenvalue weighted by Crippen LogP contribution is -2.27. The van der Waals surface area contributed by atoms with Gasteiger partial charge in [0, 0.05) is 18.2 Å². The lowest BCUT2D eigenvalue weighted by Gasteiger charge is -2.19. The molecule has 1 aromatic heterocycles. The molecular weight excluding hydrogens is 285 g/mol. The van der Waals surface area contributed by atoms with Gasteiger partial charge in [-0.05, 0) is 56.5 Å². The Morgan fingerprint density at radius 3 is 2.68 bits per heavy atom. The topological polar surface area (TPSA) is 62.4 Å². The van der Waals surface area contributed by atoms with Gasteiger partial charge in [0.1, 0.15) is 5.82 Å². The summed E-state index contributed by atoms with van der Waals surface area (Å²) in [5.74, 6) is 0.785. The number of halogens is 1. The van der Waals surface area contributed by atoms with Gasteiger partial charge in [-0.25, -0.2) is 4.39 Å². The highest BCUT2D eigenvalue weighted by Crippen LogP contribution is 2.28. The van der Waals surface area contributed by atoms with Crippen molar-refractivity contribution in [2.45, 2.75) is 38.3 Å². The molecule has 0 unspecified atom stereocenters. The molecule has 0 bridgehead atoms. The highest BCUT2D eigenvalue weighted by atomic mass is 19.1. The number of rotatable bonds is 8. The van der Waals surface area contributed by atoms with Crippen LogP contribution in [0, 0.1) is 5.82 Å². The van der Waals surface area contributed by atoms with Crippen molar-refractivity contribution in [1.29, 1.82) is 0 Å². The van der Waals surface area contributed by atoms with Crippen LogP contribution in [0.2, 0.25) is 0 Å². The van der Waals surface area contributed by atoms with E-state index in [2.05, 4.69) is 15.0 Å². The van der Waals surface area contributed by atoms with Gasteiger partial charge in [0.15, 0.2) is 0 Å². The molecule has 1 heterocycles. The lowest BCUT2D eigenvalue weighted by molar-refractivity contribution is 0.203. The van der Waals surface area contributed by atoms with E-state index in [0.717, 1.165) is 24.9 Å². The molecule has 118 valence electrons. The van der Waals surface area contributed by atoms with E-state index < -0.39 is 0 Å². The van der Waals surface area contributed by atoms with E-state index in [0.29, 0.717) is 24.3 Å². The first-order valence-electron chi connectivity index (χ1n) is 7.69. The number of aliphatic hydroxyl groups excluding tert-OH is 1. The summed E-state index contributed by atoms with van der Waals surface area (Å²) in [5, 5.41) is 12.9. The Balaban J connectivity index is 1.63. The third-order valence-corrected chi connectivity index (χ3v) is 3.83. The highest BCUT2D eigenvalue weighted by Gasteiger charge is 2.29. The van der Waals surface area contributed by atoms with Crippen LogP contribution in [0.15, 0.2) is 28.8 Å². The fourth-order valence-electron chi connectivity index (χ4n) is 2.47. The molecule has 0 amide bonds. The van der Waals surface area contributed by atoms with E-state index in [-0.39, 0.29) is 12.4 Å². The minimum absolute atomic E-state index is 0.230. The van der Waals surface area contributed by atoms with Crippen molar-refractivity contribution in [1.82, 2.24) is 15.0 Å². The zero-order chi connectivity index (χ0) is 15.4. The van der Waals surface area contributed by atoms with Crippen molar-refractivity contribution < 1.29 is 14.0 Å². The van der Waals surface area contributed by atoms with E-state index in [4.69, 9.17) is 9.63 Å². The minimum atomic E-state index is -0.281. The van der Waals surface area contributed by atoms with Gasteiger partial charge in [-0.1, -0.05) is 5.16 Å². The predicted octanol–water partition coefficient (Wildman–Crippen LogP) is 2.61. The zero-order valence-electron chi connectivity index (χ0n) is 12.4. The summed E-state index contributed by atoms with van der Waals surface area (Å²) in [6.07, 6.45) is 4.19. The fourth-order valence-corrected chi connectivity index (χ4v) is 2.47. The first-order valence-corrected chi connectivity index (χ1v) is 7.69. The number of hydrogen-bond acceptors (Lipinski definition) is 5. The van der Waals surface area contributed by atoms with Crippen molar-refractivity contribution in [2.24, 2.45) is 0 Å². The Kier molecular flexibility index (Phi) is 4.80. The average molecular weight is 305 g/mol. The number of hydrogen-bond donors (Lipinski definition) is 1. The molecule has 0 radical (unpaired) electrons. The van der Waals surface area contributed by atoms with Crippen LogP contribution >= 0.6 is 0 Å². The van der Waals surface area contributed by atoms with Gasteiger partial charge in [-0.3, -0.25) is 4.90 Å². The molecule has 1 N–H and O–H groups in total. The van der Waals surface area contributed by atoms with Gasteiger partial charge in [0.25, 0.3) is 0 Å². The van der Waals surface area contributed by atoms with E-state index in [1.165, 1.54) is 25.0 Å². The standard InChI is InChI=1S/C16H20FN3O2/c17-13-5-3-12(4-6-13)16-18-15(22-19-16)11-20(14-7-8-14)9-1-2-10-21/h3-6,14,21H,1-2,7-11H2. The lowest BCUT2D eigenvalue weighted by atomic mass is 10.2. The minimum Gasteiger partial charge on any atom is -0.396 e. The molecule has 0 atom stereocenters. The second kappa shape index (κ2) is 6.98. The van der Waals surface area contributed by atoms with Crippen molar-refractivity contribution >= 4 is 0 Å². The van der Waals surface area contributed by atoms with Gasteiger partial charge in [0.2, 0.25) is 11.7 Å². The maximum absolute atomic E-state index is 12.9. The van der Waals surface area contributed by atoms with Gasteiger partial charge in [0.05, 0.1) is 6.54 Å². The summed E-state index contributed by atoms with van der Waals surface area (Å²) in [6, 6.07) is 6.65. The number of aliphatic hydroxyl groups is 1. The van der Waals surface area contributed by atoms with Crippen molar-refractivity contribution in [3.63, 3.8) is 0 Å². The molecule has 5 nitrogen and oxygen atoms in total. The summed E-state index contributed by atoms with van der Waals surface area (Å²) in [6.45, 7) is 1.79. The SMILES string of the molecule is OCCCCN(Cc1nc(-c2ccc(F)cc2)no1)C1CC1. The van der Waals surface area contributed by atoms with Crippen LogP contribution in [0.5, 0.6) is 0 Å². The van der Waals surface area contributed by atoms with Crippen molar-refractivity contribution in [3.05, 3.63) is 36.0 Å². The van der Waals surface area contributed by atoms with Gasteiger partial charge in [-0.2, -0.15) is 4.98 Å². The smallest absolute Gasteiger partial charge is 0.241 e. The van der Waals surface area contributed by atoms with Gasteiger partial charge in [-0.15, -0.1) is 0 Å². The maximum Gasteiger partial charge on any atom is 0.241 e. The predicted molar refractivity (Wildman–Crippen MR) is 79.4 cm³/mol. The first kappa shape index (κ1) is 15.1. The largest absolute Gasteiger partial charge is 0.396 e. The van der Waals surface area contributed by atoms with Crippen LogP contribution in [-0.4, -0.2) is 39.3 Å². The molecule has 1 aliphatic carbocycles. The van der Waals surface area contributed by atoms with E-state index in [1.807, 2.05) is 0 Å². The second-order valence-corrected chi connectivity index (χ2v) is 5.65. The average Bonchev–Trinajstić information content (AvgIpc) is 3.27. The van der Waals surface area contributed by atoms with Crippen LogP contribution in [0.3, 0.4) is 0 Å². The number of unbranched alkanes of at least 4 members (excludes halogenated alkanes) is 1. The highest BCUT2D eigenvalue weighted by molar-refractivity contribution is 5.53. The molecule has 6 heteroatoms. The van der Waals surface area contributed by atoms with Crippen LogP contribution in [0.4, 0.5) is 4.39 Å². The molecule has 0 spiro atoms. The fraction of sp³-hybridized carbons (Fsp3) is 0.500. The molecule has 1 saturated carbocycles. The maximum atomic E-state index is 12.9. The Morgan fingerprint density at radius 1 is 1.23 bits per heavy atom. The summed E-state index contributed by atoms with van der Waals surface area (Å²) in [7, 11) is 0. The molecule has 22 heavy (non-hydrogen) atoms. The van der Waals surface area contributed by atoms with Crippen LogP contribution < -0.4 is 0 Å². The molecule has 1 fully saturated rings. The summed E-state index contributed by atoms with van der Waals surface area (Å²) < 4.78 is 18.3. The molecule has 1 aliphatic rings. The number of benzene rings is 1. The molecular formula is C16H20FN3O2. The molecule has 0 aliphatic heterocycles. The molecule has 3 rings (SSSR count). The summed E-state index contributed by atoms with van der Waals surface area (Å²) in [4.78, 5) is 6.73. The number of nitrogens with zero attached hydrogens (tertiary/aromatic N) is 3. The third-order valence-electron chi connectivity index (χ3n) is 3.83. The van der Waals surface area contributed by atoms with Crippen LogP contribution in [0.25, 0.3) is 11.4 Å². The Labute approximate surface area is 128 Å². The van der Waals surface area contributed by atoms with Crippen molar-refractivity contribution in [3.8, 4) is 11.4 Å². The first-order chi connectivity index (χ1) is 10.8. The number of aromatic nitrogens is 2. The molecule has 0 saturated heterocycles. The van der Waals surface area contributed by atoms with Gasteiger partial charge >= 0.3 is 0 Å². The Bertz CT molecular complexity index is 596. The van der Waals surface area contributed by atoms with Crippen LogP contribution in [-0.2, 0) is 6.54 Å². The molecule has 1 aromatic carbocycles.